The molecule has 1 aromatic carbocycles. The van der Waals surface area contributed by atoms with Gasteiger partial charge in [-0.15, -0.1) is 0 Å². The first-order valence-electron chi connectivity index (χ1n) is 6.90. The van der Waals surface area contributed by atoms with Crippen molar-refractivity contribution in [3.05, 3.63) is 54.4 Å². The zero-order chi connectivity index (χ0) is 15.5. The summed E-state index contributed by atoms with van der Waals surface area (Å²) in [6.45, 7) is 3.42. The number of benzene rings is 1. The van der Waals surface area contributed by atoms with Crippen LogP contribution in [0.1, 0.15) is 12.6 Å². The molecular weight excluding hydrogens is 278 g/mol. The Morgan fingerprint density at radius 1 is 1.09 bits per heavy atom. The molecule has 110 valence electrons. The monoisotopic (exact) mass is 293 g/mol. The first kappa shape index (κ1) is 14.0. The maximum atomic E-state index is 11.0. The molecule has 22 heavy (non-hydrogen) atoms. The maximum absolute atomic E-state index is 11.0. The van der Waals surface area contributed by atoms with Crippen LogP contribution in [0.2, 0.25) is 0 Å². The van der Waals surface area contributed by atoms with Crippen molar-refractivity contribution in [2.24, 2.45) is 0 Å². The molecule has 0 aliphatic rings. The molecular formula is C17H15N3O2. The van der Waals surface area contributed by atoms with Gasteiger partial charge in [0.1, 0.15) is 5.75 Å². The van der Waals surface area contributed by atoms with E-state index in [4.69, 9.17) is 4.74 Å². The van der Waals surface area contributed by atoms with Crippen molar-refractivity contribution in [3.8, 4) is 11.6 Å². The Balaban J connectivity index is 1.82. The number of fused-ring (bicyclic) bond motifs is 1. The molecule has 0 bridgehead atoms. The molecule has 5 nitrogen and oxygen atoms in total. The molecule has 2 aromatic heterocycles. The Hall–Kier alpha value is -2.95. The van der Waals surface area contributed by atoms with Gasteiger partial charge in [-0.25, -0.2) is 4.98 Å². The lowest BCUT2D eigenvalue weighted by atomic mass is 10.2. The predicted molar refractivity (Wildman–Crippen MR) is 85.1 cm³/mol. The normalized spacial score (nSPS) is 10.5. The van der Waals surface area contributed by atoms with Gasteiger partial charge in [0.25, 0.3) is 0 Å². The molecule has 5 heteroatoms. The summed E-state index contributed by atoms with van der Waals surface area (Å²) in [5, 5.41) is 3.72. The van der Waals surface area contributed by atoms with Crippen LogP contribution in [0.4, 0.5) is 5.69 Å². The summed E-state index contributed by atoms with van der Waals surface area (Å²) in [6, 6.07) is 12.8. The maximum Gasteiger partial charge on any atom is 0.221 e. The average Bonchev–Trinajstić information content (AvgIpc) is 2.49. The van der Waals surface area contributed by atoms with E-state index in [-0.39, 0.29) is 5.91 Å². The van der Waals surface area contributed by atoms with Gasteiger partial charge in [-0.2, -0.15) is 0 Å². The van der Waals surface area contributed by atoms with E-state index >= 15 is 0 Å². The lowest BCUT2D eigenvalue weighted by molar-refractivity contribution is -0.114. The van der Waals surface area contributed by atoms with Crippen molar-refractivity contribution in [1.29, 1.82) is 0 Å². The molecule has 0 spiro atoms. The van der Waals surface area contributed by atoms with Crippen LogP contribution in [-0.2, 0) is 4.79 Å². The molecule has 0 aliphatic heterocycles. The van der Waals surface area contributed by atoms with Gasteiger partial charge in [0, 0.05) is 36.0 Å². The number of aromatic nitrogens is 2. The van der Waals surface area contributed by atoms with E-state index in [2.05, 4.69) is 15.3 Å². The fraction of sp³-hybridized carbons (Fsp3) is 0.118. The summed E-state index contributed by atoms with van der Waals surface area (Å²) in [6.07, 6.45) is 1.73. The van der Waals surface area contributed by atoms with Crippen molar-refractivity contribution in [2.45, 2.75) is 13.8 Å². The van der Waals surface area contributed by atoms with Crippen LogP contribution >= 0.6 is 0 Å². The molecule has 3 aromatic rings. The number of carbonyl (C=O) groups is 1. The summed E-state index contributed by atoms with van der Waals surface area (Å²) in [7, 11) is 0. The van der Waals surface area contributed by atoms with Crippen LogP contribution in [0.5, 0.6) is 11.6 Å². The highest BCUT2D eigenvalue weighted by Gasteiger charge is 2.04. The highest BCUT2D eigenvalue weighted by atomic mass is 16.5. The van der Waals surface area contributed by atoms with E-state index in [9.17, 15) is 4.79 Å². The van der Waals surface area contributed by atoms with E-state index in [1.165, 1.54) is 6.92 Å². The first-order chi connectivity index (χ1) is 10.6. The number of pyridine rings is 2. The van der Waals surface area contributed by atoms with Crippen LogP contribution in [0.15, 0.2) is 48.7 Å². The number of hydrogen-bond donors (Lipinski definition) is 1. The van der Waals surface area contributed by atoms with Crippen LogP contribution in [-0.4, -0.2) is 15.9 Å². The highest BCUT2D eigenvalue weighted by molar-refractivity contribution is 5.88. The van der Waals surface area contributed by atoms with Gasteiger partial charge < -0.3 is 10.1 Å². The molecule has 0 radical (unpaired) electrons. The number of anilines is 1. The summed E-state index contributed by atoms with van der Waals surface area (Å²) in [4.78, 5) is 19.7. The van der Waals surface area contributed by atoms with Crippen LogP contribution in [0.25, 0.3) is 10.9 Å². The molecule has 0 fully saturated rings. The second-order valence-electron chi connectivity index (χ2n) is 4.92. The Kier molecular flexibility index (Phi) is 3.70. The lowest BCUT2D eigenvalue weighted by Gasteiger charge is -2.08. The number of nitrogens with zero attached hydrogens (tertiary/aromatic N) is 2. The summed E-state index contributed by atoms with van der Waals surface area (Å²) in [5.74, 6) is 1.07. The third-order valence-corrected chi connectivity index (χ3v) is 3.19. The Labute approximate surface area is 128 Å². The van der Waals surface area contributed by atoms with E-state index in [0.29, 0.717) is 11.6 Å². The third kappa shape index (κ3) is 3.03. The molecule has 0 saturated carbocycles. The molecule has 1 amide bonds. The second kappa shape index (κ2) is 5.81. The lowest BCUT2D eigenvalue weighted by Crippen LogP contribution is -2.05. The molecule has 3 rings (SSSR count). The number of amides is 1. The number of ether oxygens (including phenoxy) is 1. The fourth-order valence-corrected chi connectivity index (χ4v) is 2.17. The van der Waals surface area contributed by atoms with Gasteiger partial charge >= 0.3 is 0 Å². The quantitative estimate of drug-likeness (QED) is 0.800. The average molecular weight is 293 g/mol. The zero-order valence-corrected chi connectivity index (χ0v) is 12.3. The van der Waals surface area contributed by atoms with E-state index in [1.54, 1.807) is 30.5 Å². The van der Waals surface area contributed by atoms with E-state index < -0.39 is 0 Å². The topological polar surface area (TPSA) is 64.1 Å². The summed E-state index contributed by atoms with van der Waals surface area (Å²) < 4.78 is 5.74. The van der Waals surface area contributed by atoms with Crippen molar-refractivity contribution >= 4 is 22.5 Å². The van der Waals surface area contributed by atoms with Crippen LogP contribution in [0.3, 0.4) is 0 Å². The van der Waals surface area contributed by atoms with Gasteiger partial charge in [-0.05, 0) is 43.3 Å². The summed E-state index contributed by atoms with van der Waals surface area (Å²) >= 11 is 0. The zero-order valence-electron chi connectivity index (χ0n) is 12.3. The smallest absolute Gasteiger partial charge is 0.221 e. The van der Waals surface area contributed by atoms with Gasteiger partial charge in [0.15, 0.2) is 0 Å². The molecule has 1 N–H and O–H groups in total. The second-order valence-corrected chi connectivity index (χ2v) is 4.92. The number of aryl methyl sites for hydroxylation is 1. The standard InChI is InChI=1S/C17H15N3O2/c1-11-15-7-8-17(20-16(15)9-10-18-11)22-14-5-3-13(4-6-14)19-12(2)21/h3-10H,1-2H3,(H,19,21). The highest BCUT2D eigenvalue weighted by Crippen LogP contribution is 2.24. The minimum Gasteiger partial charge on any atom is -0.439 e. The molecule has 0 unspecified atom stereocenters. The van der Waals surface area contributed by atoms with E-state index in [0.717, 1.165) is 22.3 Å². The fourth-order valence-electron chi connectivity index (χ4n) is 2.17. The third-order valence-electron chi connectivity index (χ3n) is 3.19. The predicted octanol–water partition coefficient (Wildman–Crippen LogP) is 3.69. The first-order valence-corrected chi connectivity index (χ1v) is 6.90. The van der Waals surface area contributed by atoms with Gasteiger partial charge in [-0.3, -0.25) is 9.78 Å². The molecule has 2 heterocycles. The Morgan fingerprint density at radius 3 is 2.59 bits per heavy atom. The van der Waals surface area contributed by atoms with Gasteiger partial charge in [0.2, 0.25) is 11.8 Å². The van der Waals surface area contributed by atoms with Gasteiger partial charge in [-0.1, -0.05) is 0 Å². The van der Waals surface area contributed by atoms with Crippen molar-refractivity contribution < 1.29 is 9.53 Å². The van der Waals surface area contributed by atoms with Gasteiger partial charge in [0.05, 0.1) is 5.52 Å². The Bertz CT molecular complexity index is 829. The van der Waals surface area contributed by atoms with Crippen molar-refractivity contribution in [2.75, 3.05) is 5.32 Å². The number of rotatable bonds is 3. The number of carbonyl (C=O) groups excluding carboxylic acids is 1. The molecule has 0 saturated heterocycles. The van der Waals surface area contributed by atoms with E-state index in [1.807, 2.05) is 25.1 Å². The SMILES string of the molecule is CC(=O)Nc1ccc(Oc2ccc3c(C)nccc3n2)cc1. The number of nitrogens with one attached hydrogen (secondary N) is 1. The summed E-state index contributed by atoms with van der Waals surface area (Å²) in [5.41, 5.74) is 2.52. The van der Waals surface area contributed by atoms with Crippen LogP contribution < -0.4 is 10.1 Å². The largest absolute Gasteiger partial charge is 0.439 e. The van der Waals surface area contributed by atoms with Crippen molar-refractivity contribution in [3.63, 3.8) is 0 Å². The molecule has 0 atom stereocenters. The minimum atomic E-state index is -0.103. The van der Waals surface area contributed by atoms with Crippen LogP contribution in [0, 0.1) is 6.92 Å². The molecule has 0 aliphatic carbocycles. The Morgan fingerprint density at radius 2 is 1.86 bits per heavy atom. The minimum absolute atomic E-state index is 0.103. The van der Waals surface area contributed by atoms with Crippen molar-refractivity contribution in [1.82, 2.24) is 9.97 Å². The number of hydrogen-bond acceptors (Lipinski definition) is 4.